The molecular formula is C18H29NO3S. The van der Waals surface area contributed by atoms with Crippen LogP contribution in [0.1, 0.15) is 43.0 Å². The van der Waals surface area contributed by atoms with Gasteiger partial charge in [0.25, 0.3) is 0 Å². The van der Waals surface area contributed by atoms with Gasteiger partial charge in [-0.1, -0.05) is 17.7 Å². The van der Waals surface area contributed by atoms with Crippen molar-refractivity contribution in [1.82, 2.24) is 4.90 Å². The Bertz CT molecular complexity index is 662. The van der Waals surface area contributed by atoms with Crippen LogP contribution >= 0.6 is 0 Å². The third-order valence-electron chi connectivity index (χ3n) is 3.96. The number of carbonyl (C=O) groups is 1. The predicted molar refractivity (Wildman–Crippen MR) is 95.5 cm³/mol. The maximum absolute atomic E-state index is 12.8. The molecule has 0 N–H and O–H groups in total. The molecular weight excluding hydrogens is 310 g/mol. The molecule has 0 aromatic heterocycles. The number of carbonyl (C=O) groups excluding carboxylic acids is 1. The summed E-state index contributed by atoms with van der Waals surface area (Å²) in [4.78, 5) is 14.5. The lowest BCUT2D eigenvalue weighted by Crippen LogP contribution is -2.48. The summed E-state index contributed by atoms with van der Waals surface area (Å²) >= 11 is 0. The first-order valence-electron chi connectivity index (χ1n) is 7.86. The number of amides is 1. The van der Waals surface area contributed by atoms with Crippen molar-refractivity contribution in [2.75, 3.05) is 18.6 Å². The fraction of sp³-hybridized carbons (Fsp3) is 0.611. The summed E-state index contributed by atoms with van der Waals surface area (Å²) in [5.74, 6) is -0.0433. The predicted octanol–water partition coefficient (Wildman–Crippen LogP) is 2.83. The number of rotatable bonds is 5. The van der Waals surface area contributed by atoms with Crippen molar-refractivity contribution in [1.29, 1.82) is 0 Å². The summed E-state index contributed by atoms with van der Waals surface area (Å²) in [5.41, 5.74) is 4.02. The molecule has 4 nitrogen and oxygen atoms in total. The van der Waals surface area contributed by atoms with Crippen LogP contribution in [0.4, 0.5) is 0 Å². The monoisotopic (exact) mass is 339 g/mol. The number of hydrogen-bond acceptors (Lipinski definition) is 3. The van der Waals surface area contributed by atoms with E-state index < -0.39 is 15.4 Å². The van der Waals surface area contributed by atoms with Crippen molar-refractivity contribution in [3.8, 4) is 0 Å². The highest BCUT2D eigenvalue weighted by Crippen LogP contribution is 2.20. The number of hydrogen-bond donors (Lipinski definition) is 0. The molecule has 130 valence electrons. The van der Waals surface area contributed by atoms with Crippen LogP contribution in [0.3, 0.4) is 0 Å². The van der Waals surface area contributed by atoms with Crippen LogP contribution in [0.25, 0.3) is 0 Å². The van der Waals surface area contributed by atoms with Gasteiger partial charge in [-0.3, -0.25) is 4.79 Å². The van der Waals surface area contributed by atoms with Crippen LogP contribution in [-0.2, 0) is 21.1 Å². The van der Waals surface area contributed by atoms with Crippen LogP contribution in [0.5, 0.6) is 0 Å². The van der Waals surface area contributed by atoms with Crippen LogP contribution in [0.15, 0.2) is 12.1 Å². The average molecular weight is 340 g/mol. The van der Waals surface area contributed by atoms with Crippen molar-refractivity contribution in [3.63, 3.8) is 0 Å². The lowest BCUT2D eigenvalue weighted by molar-refractivity contribution is -0.134. The second kappa shape index (κ2) is 7.04. The Morgan fingerprint density at radius 2 is 1.57 bits per heavy atom. The van der Waals surface area contributed by atoms with Crippen molar-refractivity contribution in [3.05, 3.63) is 34.4 Å². The van der Waals surface area contributed by atoms with Crippen LogP contribution in [0.2, 0.25) is 0 Å². The Morgan fingerprint density at radius 1 is 1.09 bits per heavy atom. The standard InChI is InChI=1S/C18H29NO3S/c1-13-10-14(2)16(15(3)11-13)12-17(20)19(18(4,5)6)8-9-23(7,21)22/h10-11H,8-9,12H2,1-7H3. The molecule has 0 spiro atoms. The van der Waals surface area contributed by atoms with Gasteiger partial charge in [0.1, 0.15) is 9.84 Å². The molecule has 0 bridgehead atoms. The maximum atomic E-state index is 12.8. The summed E-state index contributed by atoms with van der Waals surface area (Å²) in [5, 5.41) is 0. The molecule has 0 heterocycles. The van der Waals surface area contributed by atoms with Gasteiger partial charge in [-0.25, -0.2) is 8.42 Å². The number of aryl methyl sites for hydroxylation is 3. The molecule has 23 heavy (non-hydrogen) atoms. The third kappa shape index (κ3) is 5.98. The first-order valence-corrected chi connectivity index (χ1v) is 9.92. The van der Waals surface area contributed by atoms with E-state index in [0.717, 1.165) is 16.7 Å². The van der Waals surface area contributed by atoms with E-state index in [-0.39, 0.29) is 18.2 Å². The summed E-state index contributed by atoms with van der Waals surface area (Å²) in [6.45, 7) is 12.1. The molecule has 0 aliphatic heterocycles. The van der Waals surface area contributed by atoms with Crippen LogP contribution < -0.4 is 0 Å². The lowest BCUT2D eigenvalue weighted by Gasteiger charge is -2.36. The number of nitrogens with zero attached hydrogens (tertiary/aromatic N) is 1. The third-order valence-corrected chi connectivity index (χ3v) is 4.89. The van der Waals surface area contributed by atoms with E-state index in [1.54, 1.807) is 4.90 Å². The Balaban J connectivity index is 3.03. The topological polar surface area (TPSA) is 54.5 Å². The molecule has 1 rings (SSSR count). The van der Waals surface area contributed by atoms with Gasteiger partial charge in [0.2, 0.25) is 5.91 Å². The van der Waals surface area contributed by atoms with Crippen molar-refractivity contribution in [2.24, 2.45) is 0 Å². The van der Waals surface area contributed by atoms with Crippen molar-refractivity contribution >= 4 is 15.7 Å². The SMILES string of the molecule is Cc1cc(C)c(CC(=O)N(CCS(C)(=O)=O)C(C)(C)C)c(C)c1. The van der Waals surface area contributed by atoms with Crippen molar-refractivity contribution < 1.29 is 13.2 Å². The normalized spacial score (nSPS) is 12.3. The highest BCUT2D eigenvalue weighted by Gasteiger charge is 2.27. The highest BCUT2D eigenvalue weighted by atomic mass is 32.2. The van der Waals surface area contributed by atoms with Gasteiger partial charge in [0, 0.05) is 18.3 Å². The molecule has 0 saturated heterocycles. The average Bonchev–Trinajstić information content (AvgIpc) is 2.30. The fourth-order valence-corrected chi connectivity index (χ4v) is 3.34. The molecule has 5 heteroatoms. The van der Waals surface area contributed by atoms with E-state index in [4.69, 9.17) is 0 Å². The fourth-order valence-electron chi connectivity index (χ4n) is 2.83. The quantitative estimate of drug-likeness (QED) is 0.829. The molecule has 1 aromatic carbocycles. The maximum Gasteiger partial charge on any atom is 0.227 e. The van der Waals surface area contributed by atoms with Gasteiger partial charge in [0.15, 0.2) is 0 Å². The first kappa shape index (κ1) is 19.7. The second-order valence-electron chi connectivity index (χ2n) is 7.40. The molecule has 0 atom stereocenters. The molecule has 0 aliphatic carbocycles. The van der Waals surface area contributed by atoms with Gasteiger partial charge in [0.05, 0.1) is 12.2 Å². The Hall–Kier alpha value is -1.36. The van der Waals surface area contributed by atoms with Gasteiger partial charge in [-0.2, -0.15) is 0 Å². The molecule has 0 fully saturated rings. The number of benzene rings is 1. The van der Waals surface area contributed by atoms with E-state index in [9.17, 15) is 13.2 Å². The molecule has 0 radical (unpaired) electrons. The Morgan fingerprint density at radius 3 is 1.96 bits per heavy atom. The molecule has 0 unspecified atom stereocenters. The van der Waals surface area contributed by atoms with E-state index in [1.807, 2.05) is 41.5 Å². The Labute approximate surface area is 140 Å². The van der Waals surface area contributed by atoms with E-state index in [2.05, 4.69) is 12.1 Å². The lowest BCUT2D eigenvalue weighted by atomic mass is 9.96. The van der Waals surface area contributed by atoms with Gasteiger partial charge in [-0.15, -0.1) is 0 Å². The second-order valence-corrected chi connectivity index (χ2v) is 9.66. The smallest absolute Gasteiger partial charge is 0.227 e. The van der Waals surface area contributed by atoms with Crippen LogP contribution in [0, 0.1) is 20.8 Å². The molecule has 0 aliphatic rings. The minimum atomic E-state index is -3.10. The highest BCUT2D eigenvalue weighted by molar-refractivity contribution is 7.90. The summed E-state index contributed by atoms with van der Waals surface area (Å²) in [7, 11) is -3.10. The zero-order valence-corrected chi connectivity index (χ0v) is 16.2. The molecule has 1 aromatic rings. The van der Waals surface area contributed by atoms with Gasteiger partial charge >= 0.3 is 0 Å². The van der Waals surface area contributed by atoms with Gasteiger partial charge in [-0.05, 0) is 58.2 Å². The zero-order chi connectivity index (χ0) is 18.0. The minimum Gasteiger partial charge on any atom is -0.337 e. The molecule has 1 amide bonds. The number of sulfone groups is 1. The van der Waals surface area contributed by atoms with Crippen molar-refractivity contribution in [2.45, 2.75) is 53.5 Å². The van der Waals surface area contributed by atoms with E-state index in [1.165, 1.54) is 11.8 Å². The van der Waals surface area contributed by atoms with E-state index >= 15 is 0 Å². The minimum absolute atomic E-state index is 0.0120. The Kier molecular flexibility index (Phi) is 6.02. The summed E-state index contributed by atoms with van der Waals surface area (Å²) < 4.78 is 22.9. The van der Waals surface area contributed by atoms with E-state index in [0.29, 0.717) is 6.42 Å². The first-order chi connectivity index (χ1) is 10.3. The van der Waals surface area contributed by atoms with Gasteiger partial charge < -0.3 is 4.90 Å². The summed E-state index contributed by atoms with van der Waals surface area (Å²) in [6.07, 6.45) is 1.51. The molecule has 0 saturated carbocycles. The largest absolute Gasteiger partial charge is 0.337 e. The summed E-state index contributed by atoms with van der Waals surface area (Å²) in [6, 6.07) is 4.15. The zero-order valence-electron chi connectivity index (χ0n) is 15.4. The van der Waals surface area contributed by atoms with Crippen LogP contribution in [-0.4, -0.2) is 43.3 Å².